The number of ether oxygens (including phenoxy) is 2. The molecular weight excluding hydrogens is 288 g/mol. The Balaban J connectivity index is 1.53. The van der Waals surface area contributed by atoms with Gasteiger partial charge in [0.1, 0.15) is 45.1 Å². The second-order valence-electron chi connectivity index (χ2n) is 5.83. The molecule has 21 heavy (non-hydrogen) atoms. The van der Waals surface area contributed by atoms with Gasteiger partial charge in [0.25, 0.3) is 0 Å². The van der Waals surface area contributed by atoms with Crippen molar-refractivity contribution in [3.8, 4) is 5.75 Å². The molecule has 1 aliphatic rings. The average molecular weight is 315 g/mol. The number of rotatable bonds is 7. The standard InChI is InChI=1S/C16H25ClN2O2/c1-14-13-15(3-4-16(14)17)21-12-11-20-10-9-19-7-5-18(2)6-8-19/h3-4,13H,5-12H2,1-2H3/p+2. The van der Waals surface area contributed by atoms with Crippen molar-refractivity contribution >= 4 is 11.6 Å². The number of quaternary nitrogens is 2. The average Bonchev–Trinajstić information content (AvgIpc) is 2.48. The summed E-state index contributed by atoms with van der Waals surface area (Å²) in [5.41, 5.74) is 1.04. The van der Waals surface area contributed by atoms with Crippen molar-refractivity contribution in [2.24, 2.45) is 0 Å². The molecule has 0 spiro atoms. The highest BCUT2D eigenvalue weighted by Gasteiger charge is 2.18. The van der Waals surface area contributed by atoms with Crippen molar-refractivity contribution < 1.29 is 19.3 Å². The van der Waals surface area contributed by atoms with Gasteiger partial charge >= 0.3 is 0 Å². The van der Waals surface area contributed by atoms with E-state index in [1.165, 1.54) is 26.2 Å². The zero-order valence-electron chi connectivity index (χ0n) is 13.1. The van der Waals surface area contributed by atoms with E-state index in [1.807, 2.05) is 25.1 Å². The third kappa shape index (κ3) is 5.83. The van der Waals surface area contributed by atoms with Gasteiger partial charge in [0.05, 0.1) is 20.3 Å². The predicted octanol–water partition coefficient (Wildman–Crippen LogP) is -0.543. The van der Waals surface area contributed by atoms with Gasteiger partial charge in [-0.2, -0.15) is 0 Å². The van der Waals surface area contributed by atoms with Crippen LogP contribution in [0, 0.1) is 6.92 Å². The normalized spacial score (nSPS) is 22.2. The molecule has 118 valence electrons. The number of hydrogen-bond acceptors (Lipinski definition) is 2. The maximum atomic E-state index is 5.98. The molecule has 2 N–H and O–H groups in total. The highest BCUT2D eigenvalue weighted by Crippen LogP contribution is 2.20. The maximum absolute atomic E-state index is 5.98. The van der Waals surface area contributed by atoms with Crippen LogP contribution in [0.2, 0.25) is 5.02 Å². The number of likely N-dealkylation sites (N-methyl/N-ethyl adjacent to an activating group) is 1. The Kier molecular flexibility index (Phi) is 6.77. The van der Waals surface area contributed by atoms with Gasteiger partial charge in [0, 0.05) is 5.02 Å². The van der Waals surface area contributed by atoms with Gasteiger partial charge in [-0.15, -0.1) is 0 Å². The largest absolute Gasteiger partial charge is 0.491 e. The van der Waals surface area contributed by atoms with Gasteiger partial charge in [-0.25, -0.2) is 0 Å². The Hall–Kier alpha value is -0.810. The number of hydrogen-bond donors (Lipinski definition) is 2. The third-order valence-corrected chi connectivity index (χ3v) is 4.46. The molecule has 1 aromatic rings. The number of benzene rings is 1. The molecule has 0 amide bonds. The third-order valence-electron chi connectivity index (χ3n) is 4.04. The van der Waals surface area contributed by atoms with Crippen molar-refractivity contribution in [1.29, 1.82) is 0 Å². The van der Waals surface area contributed by atoms with E-state index >= 15 is 0 Å². The lowest BCUT2D eigenvalue weighted by atomic mass is 10.2. The fourth-order valence-corrected chi connectivity index (χ4v) is 2.64. The fourth-order valence-electron chi connectivity index (χ4n) is 2.52. The van der Waals surface area contributed by atoms with Gasteiger partial charge in [0.2, 0.25) is 0 Å². The summed E-state index contributed by atoms with van der Waals surface area (Å²) >= 11 is 5.98. The minimum Gasteiger partial charge on any atom is -0.491 e. The van der Waals surface area contributed by atoms with Gasteiger partial charge in [-0.3, -0.25) is 0 Å². The minimum absolute atomic E-state index is 0.587. The van der Waals surface area contributed by atoms with Crippen molar-refractivity contribution in [2.45, 2.75) is 6.92 Å². The molecule has 0 radical (unpaired) electrons. The number of nitrogens with one attached hydrogen (secondary N) is 2. The summed E-state index contributed by atoms with van der Waals surface area (Å²) in [6, 6.07) is 5.72. The Morgan fingerprint density at radius 1 is 1.10 bits per heavy atom. The molecule has 0 atom stereocenters. The molecule has 1 fully saturated rings. The summed E-state index contributed by atoms with van der Waals surface area (Å²) in [6.45, 7) is 10.2. The van der Waals surface area contributed by atoms with Crippen LogP contribution in [0.3, 0.4) is 0 Å². The molecule has 0 unspecified atom stereocenters. The molecule has 5 heteroatoms. The molecule has 1 saturated heterocycles. The topological polar surface area (TPSA) is 27.3 Å². The smallest absolute Gasteiger partial charge is 0.127 e. The lowest BCUT2D eigenvalue weighted by Gasteiger charge is -2.27. The summed E-state index contributed by atoms with van der Waals surface area (Å²) in [5, 5.41) is 0.774. The SMILES string of the molecule is Cc1cc(OCCOCC[NH+]2CC[NH+](C)CC2)ccc1Cl. The summed E-state index contributed by atoms with van der Waals surface area (Å²) in [6.07, 6.45) is 0. The summed E-state index contributed by atoms with van der Waals surface area (Å²) in [4.78, 5) is 3.31. The van der Waals surface area contributed by atoms with E-state index < -0.39 is 0 Å². The highest BCUT2D eigenvalue weighted by molar-refractivity contribution is 6.31. The number of halogens is 1. The molecule has 0 aromatic heterocycles. The van der Waals surface area contributed by atoms with E-state index in [1.54, 1.807) is 9.80 Å². The summed E-state index contributed by atoms with van der Waals surface area (Å²) < 4.78 is 11.3. The summed E-state index contributed by atoms with van der Waals surface area (Å²) in [7, 11) is 2.27. The lowest BCUT2D eigenvalue weighted by molar-refractivity contribution is -1.00. The first kappa shape index (κ1) is 16.6. The second kappa shape index (κ2) is 8.59. The van der Waals surface area contributed by atoms with Crippen molar-refractivity contribution in [2.75, 3.05) is 59.6 Å². The van der Waals surface area contributed by atoms with Crippen LogP contribution >= 0.6 is 11.6 Å². The fraction of sp³-hybridized carbons (Fsp3) is 0.625. The van der Waals surface area contributed by atoms with E-state index in [4.69, 9.17) is 21.1 Å². The maximum Gasteiger partial charge on any atom is 0.127 e. The van der Waals surface area contributed by atoms with E-state index in [0.717, 1.165) is 29.5 Å². The molecular formula is C16H27ClN2O2+2. The molecule has 0 saturated carbocycles. The van der Waals surface area contributed by atoms with Crippen LogP contribution in [-0.4, -0.2) is 59.6 Å². The molecule has 1 heterocycles. The van der Waals surface area contributed by atoms with Crippen LogP contribution in [0.25, 0.3) is 0 Å². The van der Waals surface area contributed by atoms with Gasteiger partial charge in [-0.05, 0) is 30.7 Å². The minimum atomic E-state index is 0.587. The Labute approximate surface area is 132 Å². The molecule has 0 bridgehead atoms. The van der Waals surface area contributed by atoms with Crippen LogP contribution in [0.1, 0.15) is 5.56 Å². The van der Waals surface area contributed by atoms with Gasteiger partial charge in [-0.1, -0.05) is 11.6 Å². The van der Waals surface area contributed by atoms with E-state index in [0.29, 0.717) is 13.2 Å². The number of aryl methyl sites for hydroxylation is 1. The first-order valence-corrected chi connectivity index (χ1v) is 8.14. The van der Waals surface area contributed by atoms with Crippen LogP contribution in [0.5, 0.6) is 5.75 Å². The van der Waals surface area contributed by atoms with E-state index in [-0.39, 0.29) is 0 Å². The summed E-state index contributed by atoms with van der Waals surface area (Å²) in [5.74, 6) is 0.855. The van der Waals surface area contributed by atoms with Crippen molar-refractivity contribution in [1.82, 2.24) is 0 Å². The molecule has 1 aliphatic heterocycles. The van der Waals surface area contributed by atoms with Crippen molar-refractivity contribution in [3.63, 3.8) is 0 Å². The molecule has 2 rings (SSSR count). The lowest BCUT2D eigenvalue weighted by Crippen LogP contribution is -3.27. The molecule has 1 aromatic carbocycles. The monoisotopic (exact) mass is 314 g/mol. The van der Waals surface area contributed by atoms with Gasteiger partial charge < -0.3 is 19.3 Å². The Morgan fingerprint density at radius 3 is 2.57 bits per heavy atom. The first-order chi connectivity index (χ1) is 10.1. The first-order valence-electron chi connectivity index (χ1n) is 7.76. The zero-order valence-corrected chi connectivity index (χ0v) is 13.8. The molecule has 0 aliphatic carbocycles. The zero-order chi connectivity index (χ0) is 15.1. The number of piperazine rings is 1. The Bertz CT molecular complexity index is 434. The van der Waals surface area contributed by atoms with E-state index in [2.05, 4.69) is 7.05 Å². The highest BCUT2D eigenvalue weighted by atomic mass is 35.5. The van der Waals surface area contributed by atoms with Crippen LogP contribution < -0.4 is 14.5 Å². The van der Waals surface area contributed by atoms with Crippen LogP contribution in [-0.2, 0) is 4.74 Å². The predicted molar refractivity (Wildman–Crippen MR) is 84.7 cm³/mol. The second-order valence-corrected chi connectivity index (χ2v) is 6.24. The quantitative estimate of drug-likeness (QED) is 0.661. The van der Waals surface area contributed by atoms with Crippen molar-refractivity contribution in [3.05, 3.63) is 28.8 Å². The van der Waals surface area contributed by atoms with Crippen LogP contribution in [0.15, 0.2) is 18.2 Å². The molecule has 4 nitrogen and oxygen atoms in total. The van der Waals surface area contributed by atoms with Gasteiger partial charge in [0.15, 0.2) is 0 Å². The van der Waals surface area contributed by atoms with Crippen LogP contribution in [0.4, 0.5) is 0 Å². The Morgan fingerprint density at radius 2 is 1.86 bits per heavy atom. The van der Waals surface area contributed by atoms with E-state index in [9.17, 15) is 0 Å².